The topological polar surface area (TPSA) is 59.8 Å². The van der Waals surface area contributed by atoms with Crippen LogP contribution in [0.15, 0.2) is 24.5 Å². The Bertz CT molecular complexity index is 597. The predicted molar refractivity (Wildman–Crippen MR) is 63.4 cm³/mol. The van der Waals surface area contributed by atoms with Crippen LogP contribution in [0.3, 0.4) is 0 Å². The summed E-state index contributed by atoms with van der Waals surface area (Å²) in [6.45, 7) is 0.265. The van der Waals surface area contributed by atoms with Gasteiger partial charge in [-0.25, -0.2) is 8.78 Å². The summed E-state index contributed by atoms with van der Waals surface area (Å²) in [5.74, 6) is -1.36. The molecule has 1 aromatic heterocycles. The third kappa shape index (κ3) is 3.12. The van der Waals surface area contributed by atoms with Crippen molar-refractivity contribution in [3.8, 4) is 0 Å². The Balaban J connectivity index is 1.94. The lowest BCUT2D eigenvalue weighted by molar-refractivity contribution is 0.0949. The van der Waals surface area contributed by atoms with Crippen LogP contribution < -0.4 is 5.32 Å². The number of carbonyl (C=O) groups excluding carboxylic acids is 1. The first-order valence-electron chi connectivity index (χ1n) is 5.64. The van der Waals surface area contributed by atoms with Gasteiger partial charge < -0.3 is 9.88 Å². The van der Waals surface area contributed by atoms with Crippen LogP contribution in [0.5, 0.6) is 0 Å². The Morgan fingerprint density at radius 1 is 1.42 bits per heavy atom. The number of aromatic nitrogens is 3. The number of carbonyl (C=O) groups is 1. The number of rotatable bonds is 4. The van der Waals surface area contributed by atoms with E-state index in [4.69, 9.17) is 0 Å². The minimum Gasteiger partial charge on any atom is -0.351 e. The molecule has 0 bridgehead atoms. The Morgan fingerprint density at radius 3 is 2.89 bits per heavy atom. The van der Waals surface area contributed by atoms with Crippen molar-refractivity contribution in [2.24, 2.45) is 7.05 Å². The lowest BCUT2D eigenvalue weighted by atomic mass is 10.2. The molecule has 1 aromatic carbocycles. The Labute approximate surface area is 108 Å². The largest absolute Gasteiger partial charge is 0.351 e. The van der Waals surface area contributed by atoms with Crippen LogP contribution in [0.25, 0.3) is 0 Å². The summed E-state index contributed by atoms with van der Waals surface area (Å²) in [5.41, 5.74) is -0.307. The third-order valence-electron chi connectivity index (χ3n) is 2.61. The summed E-state index contributed by atoms with van der Waals surface area (Å²) in [6, 6.07) is 2.76. The zero-order chi connectivity index (χ0) is 13.8. The second kappa shape index (κ2) is 5.55. The molecule has 0 aliphatic carbocycles. The Hall–Kier alpha value is -2.31. The second-order valence-electron chi connectivity index (χ2n) is 3.99. The molecule has 1 amide bonds. The van der Waals surface area contributed by atoms with E-state index < -0.39 is 17.5 Å². The highest BCUT2D eigenvalue weighted by molar-refractivity contribution is 5.94. The van der Waals surface area contributed by atoms with Crippen molar-refractivity contribution in [3.05, 3.63) is 47.5 Å². The number of hydrogen-bond donors (Lipinski definition) is 1. The van der Waals surface area contributed by atoms with Gasteiger partial charge in [-0.2, -0.15) is 0 Å². The number of nitrogens with one attached hydrogen (secondary N) is 1. The highest BCUT2D eigenvalue weighted by atomic mass is 19.1. The minimum absolute atomic E-state index is 0.265. The predicted octanol–water partition coefficient (Wildman–Crippen LogP) is 1.07. The molecular weight excluding hydrogens is 254 g/mol. The van der Waals surface area contributed by atoms with Crippen LogP contribution >= 0.6 is 0 Å². The molecule has 2 aromatic rings. The maximum absolute atomic E-state index is 13.3. The Morgan fingerprint density at radius 2 is 2.21 bits per heavy atom. The highest BCUT2D eigenvalue weighted by Crippen LogP contribution is 2.09. The lowest BCUT2D eigenvalue weighted by Gasteiger charge is -2.06. The fourth-order valence-electron chi connectivity index (χ4n) is 1.59. The molecule has 0 saturated carbocycles. The first kappa shape index (κ1) is 13.1. The van der Waals surface area contributed by atoms with Crippen molar-refractivity contribution in [1.82, 2.24) is 20.1 Å². The summed E-state index contributed by atoms with van der Waals surface area (Å²) in [6.07, 6.45) is 2.00. The van der Waals surface area contributed by atoms with Crippen LogP contribution in [0.4, 0.5) is 8.78 Å². The average Bonchev–Trinajstić information content (AvgIpc) is 2.78. The molecule has 1 heterocycles. The number of hydrogen-bond acceptors (Lipinski definition) is 3. The van der Waals surface area contributed by atoms with Crippen molar-refractivity contribution in [1.29, 1.82) is 0 Å². The fraction of sp³-hybridized carbons (Fsp3) is 0.250. The van der Waals surface area contributed by atoms with Gasteiger partial charge in [0.1, 0.15) is 23.8 Å². The fourth-order valence-corrected chi connectivity index (χ4v) is 1.59. The van der Waals surface area contributed by atoms with Gasteiger partial charge in [-0.3, -0.25) is 4.79 Å². The number of nitrogens with zero attached hydrogens (tertiary/aromatic N) is 3. The standard InChI is InChI=1S/C12H12F2N4O/c1-18-7-16-17-11(18)4-5-15-12(19)9-6-8(13)2-3-10(9)14/h2-3,6-7H,4-5H2,1H3,(H,15,19). The number of aryl methyl sites for hydroxylation is 1. The van der Waals surface area contributed by atoms with Gasteiger partial charge in [0.2, 0.25) is 0 Å². The van der Waals surface area contributed by atoms with E-state index in [-0.39, 0.29) is 12.1 Å². The average molecular weight is 266 g/mol. The first-order valence-corrected chi connectivity index (χ1v) is 5.64. The number of halogens is 2. The molecular formula is C12H12F2N4O. The number of amides is 1. The van der Waals surface area contributed by atoms with E-state index in [2.05, 4.69) is 15.5 Å². The van der Waals surface area contributed by atoms with Crippen LogP contribution in [0.1, 0.15) is 16.2 Å². The molecule has 0 spiro atoms. The summed E-state index contributed by atoms with van der Waals surface area (Å²) in [4.78, 5) is 11.7. The maximum Gasteiger partial charge on any atom is 0.254 e. The van der Waals surface area contributed by atoms with Crippen LogP contribution in [0.2, 0.25) is 0 Å². The number of benzene rings is 1. The van der Waals surface area contributed by atoms with Gasteiger partial charge >= 0.3 is 0 Å². The monoisotopic (exact) mass is 266 g/mol. The first-order chi connectivity index (χ1) is 9.08. The van der Waals surface area contributed by atoms with E-state index >= 15 is 0 Å². The SMILES string of the molecule is Cn1cnnc1CCNC(=O)c1cc(F)ccc1F. The quantitative estimate of drug-likeness (QED) is 0.900. The molecule has 0 unspecified atom stereocenters. The van der Waals surface area contributed by atoms with Gasteiger partial charge in [0.25, 0.3) is 5.91 Å². The molecule has 0 radical (unpaired) electrons. The van der Waals surface area contributed by atoms with Crippen molar-refractivity contribution < 1.29 is 13.6 Å². The minimum atomic E-state index is -0.752. The van der Waals surface area contributed by atoms with Crippen LogP contribution in [-0.4, -0.2) is 27.2 Å². The van der Waals surface area contributed by atoms with Crippen LogP contribution in [-0.2, 0) is 13.5 Å². The zero-order valence-electron chi connectivity index (χ0n) is 10.2. The molecule has 0 saturated heterocycles. The molecule has 0 aliphatic rings. The summed E-state index contributed by atoms with van der Waals surface area (Å²) >= 11 is 0. The van der Waals surface area contributed by atoms with E-state index in [9.17, 15) is 13.6 Å². The van der Waals surface area contributed by atoms with Crippen molar-refractivity contribution in [3.63, 3.8) is 0 Å². The lowest BCUT2D eigenvalue weighted by Crippen LogP contribution is -2.27. The third-order valence-corrected chi connectivity index (χ3v) is 2.61. The molecule has 1 N–H and O–H groups in total. The Kier molecular flexibility index (Phi) is 3.84. The van der Waals surface area contributed by atoms with Gasteiger partial charge in [0, 0.05) is 20.0 Å². The van der Waals surface area contributed by atoms with Crippen molar-refractivity contribution in [2.45, 2.75) is 6.42 Å². The van der Waals surface area contributed by atoms with Gasteiger partial charge in [-0.15, -0.1) is 10.2 Å². The molecule has 0 aliphatic heterocycles. The molecule has 0 fully saturated rings. The molecule has 100 valence electrons. The summed E-state index contributed by atoms with van der Waals surface area (Å²) in [5, 5.41) is 10.0. The maximum atomic E-state index is 13.3. The smallest absolute Gasteiger partial charge is 0.254 e. The summed E-state index contributed by atoms with van der Waals surface area (Å²) < 4.78 is 28.0. The normalized spacial score (nSPS) is 10.5. The molecule has 2 rings (SSSR count). The molecule has 5 nitrogen and oxygen atoms in total. The molecule has 7 heteroatoms. The van der Waals surface area contributed by atoms with Gasteiger partial charge in [0.05, 0.1) is 5.56 Å². The molecule has 0 atom stereocenters. The van der Waals surface area contributed by atoms with Crippen molar-refractivity contribution in [2.75, 3.05) is 6.54 Å². The van der Waals surface area contributed by atoms with Gasteiger partial charge in [-0.1, -0.05) is 0 Å². The molecule has 19 heavy (non-hydrogen) atoms. The van der Waals surface area contributed by atoms with E-state index in [1.165, 1.54) is 0 Å². The van der Waals surface area contributed by atoms with Crippen molar-refractivity contribution >= 4 is 5.91 Å². The van der Waals surface area contributed by atoms with E-state index in [1.54, 1.807) is 17.9 Å². The second-order valence-corrected chi connectivity index (χ2v) is 3.99. The zero-order valence-corrected chi connectivity index (χ0v) is 10.2. The van der Waals surface area contributed by atoms with Crippen LogP contribution in [0, 0.1) is 11.6 Å². The van der Waals surface area contributed by atoms with Gasteiger partial charge in [0.15, 0.2) is 0 Å². The van der Waals surface area contributed by atoms with Gasteiger partial charge in [-0.05, 0) is 18.2 Å². The van der Waals surface area contributed by atoms with E-state index in [0.29, 0.717) is 12.2 Å². The van der Waals surface area contributed by atoms with E-state index in [1.807, 2.05) is 0 Å². The summed E-state index contributed by atoms with van der Waals surface area (Å²) in [7, 11) is 1.78. The highest BCUT2D eigenvalue weighted by Gasteiger charge is 2.12. The van der Waals surface area contributed by atoms with E-state index in [0.717, 1.165) is 18.2 Å².